The Bertz CT molecular complexity index is 881. The van der Waals surface area contributed by atoms with Gasteiger partial charge in [0.05, 0.1) is 11.7 Å². The molecule has 0 bridgehead atoms. The van der Waals surface area contributed by atoms with Gasteiger partial charge in [-0.2, -0.15) is 0 Å². The van der Waals surface area contributed by atoms with Gasteiger partial charge in [0.25, 0.3) is 5.91 Å². The lowest BCUT2D eigenvalue weighted by Crippen LogP contribution is -2.45. The molecule has 0 radical (unpaired) electrons. The van der Waals surface area contributed by atoms with Crippen molar-refractivity contribution in [3.05, 3.63) is 65.7 Å². The number of nitrogens with one attached hydrogen (secondary N) is 1. The van der Waals surface area contributed by atoms with Crippen LogP contribution in [0.25, 0.3) is 0 Å². The van der Waals surface area contributed by atoms with Crippen LogP contribution in [0.15, 0.2) is 48.7 Å². The lowest BCUT2D eigenvalue weighted by molar-refractivity contribution is -0.123. The molecule has 1 saturated heterocycles. The summed E-state index contributed by atoms with van der Waals surface area (Å²) in [5, 5.41) is 3.25. The highest BCUT2D eigenvalue weighted by Gasteiger charge is 2.33. The van der Waals surface area contributed by atoms with Crippen molar-refractivity contribution >= 4 is 11.8 Å². The molecule has 1 aliphatic carbocycles. The number of hydrogen-bond acceptors (Lipinski definition) is 3. The lowest BCUT2D eigenvalue weighted by atomic mass is 9.87. The zero-order valence-electron chi connectivity index (χ0n) is 17.8. The average Bonchev–Trinajstić information content (AvgIpc) is 3.31. The molecule has 6 heteroatoms. The fourth-order valence-corrected chi connectivity index (χ4v) is 4.94. The number of likely N-dealkylation sites (tertiary alicyclic amines) is 1. The van der Waals surface area contributed by atoms with Crippen LogP contribution in [0.1, 0.15) is 67.0 Å². The van der Waals surface area contributed by atoms with E-state index in [4.69, 9.17) is 0 Å². The number of nitrogens with zero attached hydrogens (tertiary/aromatic N) is 2. The number of piperidine rings is 1. The van der Waals surface area contributed by atoms with E-state index in [1.165, 1.54) is 37.1 Å². The molecular weight excluding hydrogens is 393 g/mol. The molecule has 2 fully saturated rings. The van der Waals surface area contributed by atoms with E-state index in [0.29, 0.717) is 31.0 Å². The summed E-state index contributed by atoms with van der Waals surface area (Å²) in [7, 11) is 0. The van der Waals surface area contributed by atoms with Crippen molar-refractivity contribution in [1.82, 2.24) is 15.2 Å². The monoisotopic (exact) mass is 423 g/mol. The normalized spacial score (nSPS) is 20.4. The van der Waals surface area contributed by atoms with Crippen LogP contribution in [-0.4, -0.2) is 34.8 Å². The standard InChI is InChI=1S/C25H30FN3O2/c26-21-12-10-19(11-13-21)25(31)29-15-5-8-20(17-29)24(22-9-3-4-14-27-22)28-23(30)16-18-6-1-2-7-18/h3-4,9-14,18,20,24H,1-2,5-8,15-17H2,(H,28,30)/t20-,24-/m0/s1. The third-order valence-electron chi connectivity index (χ3n) is 6.58. The first-order chi connectivity index (χ1) is 15.1. The minimum Gasteiger partial charge on any atom is -0.347 e. The van der Waals surface area contributed by atoms with Gasteiger partial charge in [-0.15, -0.1) is 0 Å². The third-order valence-corrected chi connectivity index (χ3v) is 6.58. The summed E-state index contributed by atoms with van der Waals surface area (Å²) in [6.45, 7) is 1.21. The number of hydrogen-bond donors (Lipinski definition) is 1. The van der Waals surface area contributed by atoms with Crippen molar-refractivity contribution in [2.45, 2.75) is 51.0 Å². The van der Waals surface area contributed by atoms with Gasteiger partial charge in [-0.25, -0.2) is 4.39 Å². The van der Waals surface area contributed by atoms with Gasteiger partial charge in [-0.05, 0) is 68.0 Å². The Hall–Kier alpha value is -2.76. The number of amides is 2. The second-order valence-electron chi connectivity index (χ2n) is 8.81. The van der Waals surface area contributed by atoms with E-state index >= 15 is 0 Å². The maximum Gasteiger partial charge on any atom is 0.253 e. The molecule has 2 aliphatic rings. The molecule has 2 heterocycles. The lowest BCUT2D eigenvalue weighted by Gasteiger charge is -2.37. The molecule has 1 aromatic carbocycles. The van der Waals surface area contributed by atoms with Gasteiger partial charge in [0.15, 0.2) is 0 Å². The van der Waals surface area contributed by atoms with Crippen molar-refractivity contribution in [2.75, 3.05) is 13.1 Å². The summed E-state index contributed by atoms with van der Waals surface area (Å²) < 4.78 is 13.2. The van der Waals surface area contributed by atoms with Crippen LogP contribution in [0.2, 0.25) is 0 Å². The highest BCUT2D eigenvalue weighted by molar-refractivity contribution is 5.94. The summed E-state index contributed by atoms with van der Waals surface area (Å²) >= 11 is 0. The van der Waals surface area contributed by atoms with Crippen LogP contribution < -0.4 is 5.32 Å². The number of rotatable bonds is 6. The summed E-state index contributed by atoms with van der Waals surface area (Å²) in [5.74, 6) is 0.187. The summed E-state index contributed by atoms with van der Waals surface area (Å²) in [5.41, 5.74) is 1.32. The molecule has 31 heavy (non-hydrogen) atoms. The van der Waals surface area contributed by atoms with E-state index < -0.39 is 0 Å². The quantitative estimate of drug-likeness (QED) is 0.744. The smallest absolute Gasteiger partial charge is 0.253 e. The first kappa shape index (κ1) is 21.5. The first-order valence-corrected chi connectivity index (χ1v) is 11.4. The molecule has 1 saturated carbocycles. The van der Waals surface area contributed by atoms with Gasteiger partial charge < -0.3 is 10.2 Å². The van der Waals surface area contributed by atoms with E-state index in [1.807, 2.05) is 23.1 Å². The molecular formula is C25H30FN3O2. The Morgan fingerprint density at radius 3 is 2.55 bits per heavy atom. The summed E-state index contributed by atoms with van der Waals surface area (Å²) in [6.07, 6.45) is 8.77. The van der Waals surface area contributed by atoms with Crippen LogP contribution in [-0.2, 0) is 4.79 Å². The fourth-order valence-electron chi connectivity index (χ4n) is 4.94. The maximum absolute atomic E-state index is 13.2. The summed E-state index contributed by atoms with van der Waals surface area (Å²) in [4.78, 5) is 32.1. The fraction of sp³-hybridized carbons (Fsp3) is 0.480. The first-order valence-electron chi connectivity index (χ1n) is 11.4. The van der Waals surface area contributed by atoms with Crippen molar-refractivity contribution < 1.29 is 14.0 Å². The Morgan fingerprint density at radius 2 is 1.84 bits per heavy atom. The van der Waals surface area contributed by atoms with Crippen molar-refractivity contribution in [3.8, 4) is 0 Å². The minimum atomic E-state index is -0.353. The summed E-state index contributed by atoms with van der Waals surface area (Å²) in [6, 6.07) is 11.2. The molecule has 0 unspecified atom stereocenters. The predicted octanol–water partition coefficient (Wildman–Crippen LogP) is 4.51. The molecule has 164 valence electrons. The number of benzene rings is 1. The highest BCUT2D eigenvalue weighted by Crippen LogP contribution is 2.31. The number of carbonyl (C=O) groups is 2. The molecule has 1 N–H and O–H groups in total. The van der Waals surface area contributed by atoms with E-state index in [2.05, 4.69) is 10.3 Å². The predicted molar refractivity (Wildman–Crippen MR) is 117 cm³/mol. The van der Waals surface area contributed by atoms with Crippen molar-refractivity contribution in [2.24, 2.45) is 11.8 Å². The van der Waals surface area contributed by atoms with Crippen molar-refractivity contribution in [3.63, 3.8) is 0 Å². The van der Waals surface area contributed by atoms with Gasteiger partial charge in [-0.3, -0.25) is 14.6 Å². The molecule has 2 atom stereocenters. The molecule has 1 aliphatic heterocycles. The number of pyridine rings is 1. The Morgan fingerprint density at radius 1 is 1.06 bits per heavy atom. The molecule has 2 aromatic rings. The van der Waals surface area contributed by atoms with Gasteiger partial charge in [-0.1, -0.05) is 18.9 Å². The Kier molecular flexibility index (Phi) is 6.95. The van der Waals surface area contributed by atoms with Crippen LogP contribution in [0.3, 0.4) is 0 Å². The van der Waals surface area contributed by atoms with Crippen LogP contribution in [0.5, 0.6) is 0 Å². The maximum atomic E-state index is 13.2. The molecule has 0 spiro atoms. The topological polar surface area (TPSA) is 62.3 Å². The van der Waals surface area contributed by atoms with Crippen LogP contribution in [0, 0.1) is 17.7 Å². The third kappa shape index (κ3) is 5.49. The largest absolute Gasteiger partial charge is 0.347 e. The number of aromatic nitrogens is 1. The Labute approximate surface area is 183 Å². The highest BCUT2D eigenvalue weighted by atomic mass is 19.1. The Balaban J connectivity index is 1.48. The molecule has 2 amide bonds. The molecule has 1 aromatic heterocycles. The van der Waals surface area contributed by atoms with Gasteiger partial charge >= 0.3 is 0 Å². The molecule has 5 nitrogen and oxygen atoms in total. The van der Waals surface area contributed by atoms with E-state index in [0.717, 1.165) is 31.4 Å². The molecule has 4 rings (SSSR count). The zero-order chi connectivity index (χ0) is 21.6. The van der Waals surface area contributed by atoms with Gasteiger partial charge in [0, 0.05) is 37.2 Å². The van der Waals surface area contributed by atoms with Crippen LogP contribution >= 0.6 is 0 Å². The zero-order valence-corrected chi connectivity index (χ0v) is 17.8. The second kappa shape index (κ2) is 10.0. The van der Waals surface area contributed by atoms with E-state index in [9.17, 15) is 14.0 Å². The van der Waals surface area contributed by atoms with Crippen molar-refractivity contribution in [1.29, 1.82) is 0 Å². The van der Waals surface area contributed by atoms with E-state index in [-0.39, 0.29) is 29.6 Å². The average molecular weight is 424 g/mol. The number of carbonyl (C=O) groups excluding carboxylic acids is 2. The van der Waals surface area contributed by atoms with Gasteiger partial charge in [0.2, 0.25) is 5.91 Å². The second-order valence-corrected chi connectivity index (χ2v) is 8.81. The van der Waals surface area contributed by atoms with E-state index in [1.54, 1.807) is 6.20 Å². The SMILES string of the molecule is O=C(CC1CCCC1)N[C@H](c1ccccn1)[C@H]1CCCN(C(=O)c2ccc(F)cc2)C1. The van der Waals surface area contributed by atoms with Gasteiger partial charge in [0.1, 0.15) is 5.82 Å². The van der Waals surface area contributed by atoms with Crippen LogP contribution in [0.4, 0.5) is 4.39 Å². The number of halogens is 1. The minimum absolute atomic E-state index is 0.0736.